The van der Waals surface area contributed by atoms with Crippen molar-refractivity contribution in [3.05, 3.63) is 65.7 Å². The average molecular weight is 253 g/mol. The molecule has 0 spiro atoms. The summed E-state index contributed by atoms with van der Waals surface area (Å²) in [6.45, 7) is 4.28. The number of amides is 1. The largest absolute Gasteiger partial charge is 0.322 e. The van der Waals surface area contributed by atoms with Crippen LogP contribution in [0.1, 0.15) is 42.1 Å². The van der Waals surface area contributed by atoms with Crippen molar-refractivity contribution in [3.63, 3.8) is 0 Å². The van der Waals surface area contributed by atoms with E-state index in [0.29, 0.717) is 5.92 Å². The number of benzene rings is 2. The Kier molecular flexibility index (Phi) is 4.35. The third-order valence-electron chi connectivity index (χ3n) is 3.38. The molecule has 0 aliphatic carbocycles. The molecule has 0 fully saturated rings. The van der Waals surface area contributed by atoms with Crippen LogP contribution in [0.2, 0.25) is 0 Å². The quantitative estimate of drug-likeness (QED) is 0.856. The van der Waals surface area contributed by atoms with Gasteiger partial charge in [-0.05, 0) is 36.1 Å². The van der Waals surface area contributed by atoms with E-state index in [0.717, 1.165) is 23.2 Å². The normalized spacial score (nSPS) is 11.9. The Labute approximate surface area is 114 Å². The van der Waals surface area contributed by atoms with Gasteiger partial charge in [0.05, 0.1) is 0 Å². The molecule has 2 aromatic rings. The van der Waals surface area contributed by atoms with E-state index in [4.69, 9.17) is 0 Å². The van der Waals surface area contributed by atoms with Gasteiger partial charge >= 0.3 is 0 Å². The van der Waals surface area contributed by atoms with Gasteiger partial charge in [0.1, 0.15) is 0 Å². The topological polar surface area (TPSA) is 29.1 Å². The van der Waals surface area contributed by atoms with Gasteiger partial charge in [0, 0.05) is 11.3 Å². The molecule has 1 amide bonds. The lowest BCUT2D eigenvalue weighted by molar-refractivity contribution is 0.102. The van der Waals surface area contributed by atoms with E-state index in [-0.39, 0.29) is 5.91 Å². The molecular weight excluding hydrogens is 234 g/mol. The van der Waals surface area contributed by atoms with E-state index < -0.39 is 0 Å². The van der Waals surface area contributed by atoms with E-state index in [1.807, 2.05) is 54.6 Å². The van der Waals surface area contributed by atoms with E-state index in [1.165, 1.54) is 0 Å². The van der Waals surface area contributed by atoms with Gasteiger partial charge in [0.15, 0.2) is 0 Å². The second kappa shape index (κ2) is 6.19. The molecule has 0 saturated carbocycles. The van der Waals surface area contributed by atoms with Crippen molar-refractivity contribution < 1.29 is 4.79 Å². The van der Waals surface area contributed by atoms with Crippen molar-refractivity contribution in [2.45, 2.75) is 26.2 Å². The molecular formula is C17H19NO. The molecule has 2 heteroatoms. The van der Waals surface area contributed by atoms with Crippen LogP contribution >= 0.6 is 0 Å². The zero-order chi connectivity index (χ0) is 13.7. The van der Waals surface area contributed by atoms with Crippen LogP contribution in [-0.2, 0) is 0 Å². The van der Waals surface area contributed by atoms with Gasteiger partial charge < -0.3 is 5.32 Å². The average Bonchev–Trinajstić information content (AvgIpc) is 2.47. The SMILES string of the molecule is CCC(C)c1ccccc1C(=O)Nc1ccccc1. The van der Waals surface area contributed by atoms with Gasteiger partial charge in [0.25, 0.3) is 5.91 Å². The van der Waals surface area contributed by atoms with Crippen LogP contribution in [0.25, 0.3) is 0 Å². The van der Waals surface area contributed by atoms with Gasteiger partial charge in [0.2, 0.25) is 0 Å². The highest BCUT2D eigenvalue weighted by molar-refractivity contribution is 6.05. The molecule has 0 aliphatic heterocycles. The Morgan fingerprint density at radius 3 is 2.37 bits per heavy atom. The van der Waals surface area contributed by atoms with Crippen LogP contribution in [-0.4, -0.2) is 5.91 Å². The van der Waals surface area contributed by atoms with Crippen molar-refractivity contribution in [3.8, 4) is 0 Å². The van der Waals surface area contributed by atoms with E-state index in [2.05, 4.69) is 19.2 Å². The van der Waals surface area contributed by atoms with Crippen molar-refractivity contribution >= 4 is 11.6 Å². The summed E-state index contributed by atoms with van der Waals surface area (Å²) in [4.78, 5) is 12.3. The maximum absolute atomic E-state index is 12.3. The molecule has 0 heterocycles. The lowest BCUT2D eigenvalue weighted by Crippen LogP contribution is -2.15. The Hall–Kier alpha value is -2.09. The molecule has 1 atom stereocenters. The summed E-state index contributed by atoms with van der Waals surface area (Å²) in [5.74, 6) is 0.347. The van der Waals surface area contributed by atoms with Gasteiger partial charge in [-0.1, -0.05) is 50.2 Å². The number of anilines is 1. The Morgan fingerprint density at radius 2 is 1.68 bits per heavy atom. The number of carbonyl (C=O) groups excluding carboxylic acids is 1. The molecule has 98 valence electrons. The number of hydrogen-bond acceptors (Lipinski definition) is 1. The maximum Gasteiger partial charge on any atom is 0.255 e. The highest BCUT2D eigenvalue weighted by atomic mass is 16.1. The molecule has 0 bridgehead atoms. The second-order valence-electron chi connectivity index (χ2n) is 4.72. The Morgan fingerprint density at radius 1 is 1.05 bits per heavy atom. The summed E-state index contributed by atoms with van der Waals surface area (Å²) in [7, 11) is 0. The number of rotatable bonds is 4. The first-order valence-electron chi connectivity index (χ1n) is 6.67. The lowest BCUT2D eigenvalue weighted by atomic mass is 9.93. The van der Waals surface area contributed by atoms with Crippen LogP contribution in [0.15, 0.2) is 54.6 Å². The number of nitrogens with one attached hydrogen (secondary N) is 1. The van der Waals surface area contributed by atoms with Crippen molar-refractivity contribution in [2.75, 3.05) is 5.32 Å². The first-order valence-corrected chi connectivity index (χ1v) is 6.67. The van der Waals surface area contributed by atoms with Crippen LogP contribution in [0.5, 0.6) is 0 Å². The summed E-state index contributed by atoms with van der Waals surface area (Å²) in [6, 6.07) is 17.4. The summed E-state index contributed by atoms with van der Waals surface area (Å²) in [5.41, 5.74) is 2.70. The van der Waals surface area contributed by atoms with E-state index in [1.54, 1.807) is 0 Å². The molecule has 0 aliphatic rings. The van der Waals surface area contributed by atoms with Crippen LogP contribution in [0.4, 0.5) is 5.69 Å². The zero-order valence-corrected chi connectivity index (χ0v) is 11.4. The summed E-state index contributed by atoms with van der Waals surface area (Å²) >= 11 is 0. The highest BCUT2D eigenvalue weighted by Crippen LogP contribution is 2.23. The fraction of sp³-hybridized carbons (Fsp3) is 0.235. The molecule has 0 radical (unpaired) electrons. The second-order valence-corrected chi connectivity index (χ2v) is 4.72. The number of carbonyl (C=O) groups is 1. The van der Waals surface area contributed by atoms with Gasteiger partial charge in [-0.3, -0.25) is 4.79 Å². The van der Waals surface area contributed by atoms with Crippen molar-refractivity contribution in [2.24, 2.45) is 0 Å². The molecule has 2 aromatic carbocycles. The van der Waals surface area contributed by atoms with Crippen LogP contribution < -0.4 is 5.32 Å². The Balaban J connectivity index is 2.24. The predicted octanol–water partition coefficient (Wildman–Crippen LogP) is 4.45. The molecule has 1 N–H and O–H groups in total. The van der Waals surface area contributed by atoms with Crippen molar-refractivity contribution in [1.29, 1.82) is 0 Å². The molecule has 0 saturated heterocycles. The van der Waals surface area contributed by atoms with Crippen LogP contribution in [0.3, 0.4) is 0 Å². The minimum atomic E-state index is -0.0397. The first kappa shape index (κ1) is 13.3. The summed E-state index contributed by atoms with van der Waals surface area (Å²) < 4.78 is 0. The van der Waals surface area contributed by atoms with Crippen LogP contribution in [0, 0.1) is 0 Å². The highest BCUT2D eigenvalue weighted by Gasteiger charge is 2.14. The third-order valence-corrected chi connectivity index (χ3v) is 3.38. The molecule has 2 rings (SSSR count). The van der Waals surface area contributed by atoms with Gasteiger partial charge in [-0.15, -0.1) is 0 Å². The van der Waals surface area contributed by atoms with Gasteiger partial charge in [-0.25, -0.2) is 0 Å². The third kappa shape index (κ3) is 3.22. The van der Waals surface area contributed by atoms with E-state index >= 15 is 0 Å². The minimum absolute atomic E-state index is 0.0397. The number of para-hydroxylation sites is 1. The van der Waals surface area contributed by atoms with Gasteiger partial charge in [-0.2, -0.15) is 0 Å². The zero-order valence-electron chi connectivity index (χ0n) is 11.4. The standard InChI is InChI=1S/C17H19NO/c1-3-13(2)15-11-7-8-12-16(15)17(19)18-14-9-5-4-6-10-14/h4-13H,3H2,1-2H3,(H,18,19). The molecule has 1 unspecified atom stereocenters. The van der Waals surface area contributed by atoms with Crippen molar-refractivity contribution in [1.82, 2.24) is 0 Å². The predicted molar refractivity (Wildman–Crippen MR) is 79.5 cm³/mol. The summed E-state index contributed by atoms with van der Waals surface area (Å²) in [5, 5.41) is 2.94. The fourth-order valence-electron chi connectivity index (χ4n) is 2.07. The number of hydrogen-bond donors (Lipinski definition) is 1. The molecule has 19 heavy (non-hydrogen) atoms. The molecule has 2 nitrogen and oxygen atoms in total. The molecule has 0 aromatic heterocycles. The van der Waals surface area contributed by atoms with E-state index in [9.17, 15) is 4.79 Å². The lowest BCUT2D eigenvalue weighted by Gasteiger charge is -2.14. The minimum Gasteiger partial charge on any atom is -0.322 e. The monoisotopic (exact) mass is 253 g/mol. The summed E-state index contributed by atoms with van der Waals surface area (Å²) in [6.07, 6.45) is 1.02. The maximum atomic E-state index is 12.3. The first-order chi connectivity index (χ1) is 9.22. The smallest absolute Gasteiger partial charge is 0.255 e. The Bertz CT molecular complexity index is 548. The fourth-order valence-corrected chi connectivity index (χ4v) is 2.07.